The van der Waals surface area contributed by atoms with Gasteiger partial charge in [0.15, 0.2) is 0 Å². The van der Waals surface area contributed by atoms with E-state index in [-0.39, 0.29) is 32.5 Å². The van der Waals surface area contributed by atoms with E-state index in [4.69, 9.17) is 8.83 Å². The summed E-state index contributed by atoms with van der Waals surface area (Å²) in [5.74, 6) is 0. The van der Waals surface area contributed by atoms with Crippen molar-refractivity contribution in [3.05, 3.63) is 137 Å². The van der Waals surface area contributed by atoms with Crippen molar-refractivity contribution in [1.82, 2.24) is 4.57 Å². The van der Waals surface area contributed by atoms with Gasteiger partial charge in [-0.05, 0) is 169 Å². The fourth-order valence-corrected chi connectivity index (χ4v) is 14.8. The number of para-hydroxylation sites is 1. The molecule has 0 atom stereocenters. The van der Waals surface area contributed by atoms with E-state index >= 15 is 0 Å². The van der Waals surface area contributed by atoms with Gasteiger partial charge >= 0.3 is 0 Å². The molecule has 14 rings (SSSR count). The van der Waals surface area contributed by atoms with Gasteiger partial charge in [-0.25, -0.2) is 0 Å². The van der Waals surface area contributed by atoms with Crippen LogP contribution in [-0.4, -0.2) is 11.8 Å². The Morgan fingerprint density at radius 1 is 0.541 bits per heavy atom. The molecular weight excluding hydrogens is 920 g/mol. The molecule has 371 valence electrons. The zero-order valence-corrected chi connectivity index (χ0v) is 46.7. The number of anilines is 2. The fraction of sp³-hybridized carbons (Fsp3) is 0.353. The number of fused-ring (bicyclic) bond motifs is 16. The highest BCUT2D eigenvalue weighted by atomic mass is 32.1. The lowest BCUT2D eigenvalue weighted by Gasteiger charge is -2.42. The summed E-state index contributed by atoms with van der Waals surface area (Å²) in [4.78, 5) is 0. The minimum absolute atomic E-state index is 0.00846. The minimum Gasteiger partial charge on any atom is -0.469 e. The summed E-state index contributed by atoms with van der Waals surface area (Å²) in [5.41, 5.74) is 21.4. The zero-order valence-electron chi connectivity index (χ0n) is 45.9. The molecule has 6 heteroatoms. The SMILES string of the molecule is CC(C)(C)c1ccc(Nc2cc3sc4cc5c(cc4c3cc2-c2c3c4c(c6cc7c(cc6n4-c4c(oc6ccc(C(C)(C)C)cc46)[B]3)C(C)(C)CCC7(C)C)c3oc4ccccc4c23)C(C)(C)CCC5(C)C)cc1. The second kappa shape index (κ2) is 14.8. The van der Waals surface area contributed by atoms with Gasteiger partial charge in [-0.15, -0.1) is 11.3 Å². The summed E-state index contributed by atoms with van der Waals surface area (Å²) in [6.45, 7) is 33.3. The van der Waals surface area contributed by atoms with Crippen LogP contribution < -0.4 is 16.4 Å². The Morgan fingerprint density at radius 2 is 1.11 bits per heavy atom. The number of aromatic nitrogens is 1. The van der Waals surface area contributed by atoms with E-state index in [1.165, 1.54) is 88.2 Å². The van der Waals surface area contributed by atoms with E-state index in [0.29, 0.717) is 0 Å². The molecule has 4 nitrogen and oxygen atoms in total. The van der Waals surface area contributed by atoms with Crippen LogP contribution in [-0.2, 0) is 32.5 Å². The number of furan rings is 2. The molecule has 1 radical (unpaired) electrons. The van der Waals surface area contributed by atoms with Crippen LogP contribution in [0.1, 0.15) is 156 Å². The molecule has 5 heterocycles. The molecule has 0 saturated carbocycles. The lowest BCUT2D eigenvalue weighted by Crippen LogP contribution is -2.36. The summed E-state index contributed by atoms with van der Waals surface area (Å²) >= 11 is 1.93. The molecule has 1 aliphatic heterocycles. The second-order valence-electron chi connectivity index (χ2n) is 27.4. The summed E-state index contributed by atoms with van der Waals surface area (Å²) in [5, 5.41) is 12.5. The van der Waals surface area contributed by atoms with Crippen molar-refractivity contribution in [3.8, 4) is 16.8 Å². The van der Waals surface area contributed by atoms with Crippen LogP contribution in [0.5, 0.6) is 0 Å². The smallest absolute Gasteiger partial charge is 0.247 e. The normalized spacial score (nSPS) is 17.6. The first-order valence-electron chi connectivity index (χ1n) is 27.2. The molecule has 11 aromatic rings. The third-order valence-corrected chi connectivity index (χ3v) is 19.6. The number of nitrogens with zero attached hydrogens (tertiary/aromatic N) is 1. The first-order chi connectivity index (χ1) is 34.9. The lowest BCUT2D eigenvalue weighted by molar-refractivity contribution is 0.332. The molecule has 4 aromatic heterocycles. The first kappa shape index (κ1) is 46.3. The topological polar surface area (TPSA) is 43.2 Å². The number of thiophene rings is 1. The molecule has 1 N–H and O–H groups in total. The van der Waals surface area contributed by atoms with Gasteiger partial charge in [0.1, 0.15) is 16.7 Å². The van der Waals surface area contributed by atoms with E-state index in [1.807, 2.05) is 11.3 Å². The number of benzene rings is 7. The Kier molecular flexibility index (Phi) is 9.25. The third-order valence-electron chi connectivity index (χ3n) is 18.5. The Balaban J connectivity index is 1.16. The molecule has 7 aromatic carbocycles. The average molecular weight is 988 g/mol. The highest BCUT2D eigenvalue weighted by molar-refractivity contribution is 7.25. The maximum absolute atomic E-state index is 7.41. The van der Waals surface area contributed by atoms with E-state index in [1.54, 1.807) is 0 Å². The quantitative estimate of drug-likeness (QED) is 0.179. The van der Waals surface area contributed by atoms with Crippen LogP contribution in [0, 0.1) is 0 Å². The van der Waals surface area contributed by atoms with Crippen LogP contribution >= 0.6 is 11.3 Å². The highest BCUT2D eigenvalue weighted by Gasteiger charge is 2.42. The second-order valence-corrected chi connectivity index (χ2v) is 28.4. The van der Waals surface area contributed by atoms with Crippen LogP contribution in [0.2, 0.25) is 0 Å². The van der Waals surface area contributed by atoms with Crippen molar-refractivity contribution in [2.75, 3.05) is 5.32 Å². The van der Waals surface area contributed by atoms with Crippen molar-refractivity contribution >= 4 is 116 Å². The molecule has 3 aliphatic rings. The predicted octanol–water partition coefficient (Wildman–Crippen LogP) is 18.5. The van der Waals surface area contributed by atoms with Gasteiger partial charge in [0, 0.05) is 58.7 Å². The molecular formula is C68H68BN2O2S. The van der Waals surface area contributed by atoms with Crippen molar-refractivity contribution in [2.24, 2.45) is 0 Å². The molecule has 0 spiro atoms. The van der Waals surface area contributed by atoms with Gasteiger partial charge in [0.05, 0.1) is 27.8 Å². The predicted molar refractivity (Wildman–Crippen MR) is 319 cm³/mol. The van der Waals surface area contributed by atoms with Crippen LogP contribution in [0.3, 0.4) is 0 Å². The largest absolute Gasteiger partial charge is 0.469 e. The third kappa shape index (κ3) is 6.52. The van der Waals surface area contributed by atoms with Gasteiger partial charge < -0.3 is 18.7 Å². The fourth-order valence-electron chi connectivity index (χ4n) is 13.6. The number of nitrogens with one attached hydrogen (secondary N) is 1. The van der Waals surface area contributed by atoms with Crippen molar-refractivity contribution in [2.45, 2.75) is 155 Å². The summed E-state index contributed by atoms with van der Waals surface area (Å²) in [6.07, 6.45) is 4.63. The Hall–Kier alpha value is -6.24. The molecule has 0 fully saturated rings. The standard InChI is InChI=1S/C68H68BN2O2S/c1-63(2,3)36-19-22-38(23-20-36)70-49-35-54-40(41-31-45-48(34-53(41)74-54)68(13,14)28-26-65(45,7)8)30-42(49)55-56-39-17-15-16-18-51(39)72-61(56)57-43-32-46-47(67(11,12)27-25-66(46,9)10)33-50(43)71-59-44-29-37(64(4,5)6)21-24-52(44)73-62(59)69-58(55)60(57)71/h15-24,29-35,70H,25-28H2,1-14H3. The summed E-state index contributed by atoms with van der Waals surface area (Å²) in [6, 6.07) is 39.9. The van der Waals surface area contributed by atoms with Crippen molar-refractivity contribution in [1.29, 1.82) is 0 Å². The van der Waals surface area contributed by atoms with E-state index in [0.717, 1.165) is 85.1 Å². The summed E-state index contributed by atoms with van der Waals surface area (Å²) in [7, 11) is 2.39. The van der Waals surface area contributed by atoms with Gasteiger partial charge in [0.25, 0.3) is 0 Å². The number of hydrogen-bond acceptors (Lipinski definition) is 4. The van der Waals surface area contributed by atoms with Crippen molar-refractivity contribution in [3.63, 3.8) is 0 Å². The molecule has 2 aliphatic carbocycles. The molecule has 0 amide bonds. The number of hydrogen-bond donors (Lipinski definition) is 1. The van der Waals surface area contributed by atoms with E-state index in [9.17, 15) is 0 Å². The van der Waals surface area contributed by atoms with Gasteiger partial charge in [-0.2, -0.15) is 0 Å². The van der Waals surface area contributed by atoms with Crippen LogP contribution in [0.4, 0.5) is 11.4 Å². The molecule has 0 saturated heterocycles. The molecule has 74 heavy (non-hydrogen) atoms. The minimum atomic E-state index is -0.0445. The average Bonchev–Trinajstić information content (AvgIpc) is 4.11. The first-order valence-corrected chi connectivity index (χ1v) is 28.1. The van der Waals surface area contributed by atoms with Gasteiger partial charge in [-0.1, -0.05) is 133 Å². The Bertz CT molecular complexity index is 4260. The number of rotatable bonds is 3. The van der Waals surface area contributed by atoms with Crippen molar-refractivity contribution < 1.29 is 8.83 Å². The highest BCUT2D eigenvalue weighted by Crippen LogP contribution is 2.54. The lowest BCUT2D eigenvalue weighted by atomic mass is 9.61. The Labute approximate surface area is 440 Å². The molecule has 0 bridgehead atoms. The van der Waals surface area contributed by atoms with Crippen LogP contribution in [0.15, 0.2) is 112 Å². The monoisotopic (exact) mass is 988 g/mol. The van der Waals surface area contributed by atoms with Gasteiger partial charge in [0.2, 0.25) is 7.28 Å². The Morgan fingerprint density at radius 3 is 1.77 bits per heavy atom. The maximum atomic E-state index is 7.41. The maximum Gasteiger partial charge on any atom is 0.247 e. The van der Waals surface area contributed by atoms with Gasteiger partial charge in [-0.3, -0.25) is 0 Å². The van der Waals surface area contributed by atoms with Crippen LogP contribution in [0.25, 0.3) is 91.7 Å². The zero-order chi connectivity index (χ0) is 51.6. The summed E-state index contributed by atoms with van der Waals surface area (Å²) < 4.78 is 19.8. The molecule has 0 unspecified atom stereocenters. The van der Waals surface area contributed by atoms with E-state index in [2.05, 4.69) is 217 Å². The van der Waals surface area contributed by atoms with E-state index < -0.39 is 0 Å².